The van der Waals surface area contributed by atoms with Crippen molar-refractivity contribution in [2.45, 2.75) is 12.0 Å². The van der Waals surface area contributed by atoms with E-state index >= 15 is 0 Å². The van der Waals surface area contributed by atoms with E-state index in [1.807, 2.05) is 30.3 Å². The van der Waals surface area contributed by atoms with Gasteiger partial charge < -0.3 is 13.9 Å². The standard InChI is InChI=1S/C19H24N2O6S/c1-2-25-19(22)17-8-9-18(27-17)28(23,24)21-12-10-20(11-13-21)14-15-26-16-6-4-3-5-7-16/h3-9H,2,10-15H2,1H3. The fourth-order valence-corrected chi connectivity index (χ4v) is 4.23. The minimum absolute atomic E-state index is 0.114. The number of nitrogens with zero attached hydrogens (tertiary/aromatic N) is 2. The lowest BCUT2D eigenvalue weighted by Crippen LogP contribution is -2.49. The summed E-state index contributed by atoms with van der Waals surface area (Å²) < 4.78 is 42.5. The molecule has 1 saturated heterocycles. The van der Waals surface area contributed by atoms with Crippen LogP contribution >= 0.6 is 0 Å². The van der Waals surface area contributed by atoms with Crippen LogP contribution in [-0.2, 0) is 14.8 Å². The zero-order valence-corrected chi connectivity index (χ0v) is 16.6. The van der Waals surface area contributed by atoms with Crippen molar-refractivity contribution in [2.24, 2.45) is 0 Å². The Kier molecular flexibility index (Phi) is 6.71. The van der Waals surface area contributed by atoms with Gasteiger partial charge in [-0.3, -0.25) is 4.90 Å². The van der Waals surface area contributed by atoms with Crippen molar-refractivity contribution in [3.05, 3.63) is 48.2 Å². The van der Waals surface area contributed by atoms with Gasteiger partial charge in [0.2, 0.25) is 10.9 Å². The molecule has 3 rings (SSSR count). The molecule has 1 aromatic carbocycles. The number of piperazine rings is 1. The second-order valence-corrected chi connectivity index (χ2v) is 8.12. The van der Waals surface area contributed by atoms with Crippen LogP contribution in [-0.4, -0.2) is 69.5 Å². The molecular formula is C19H24N2O6S. The molecule has 1 fully saturated rings. The Morgan fingerprint density at radius 2 is 1.79 bits per heavy atom. The van der Waals surface area contributed by atoms with Gasteiger partial charge in [0, 0.05) is 32.7 Å². The summed E-state index contributed by atoms with van der Waals surface area (Å²) >= 11 is 0. The molecule has 0 spiro atoms. The first-order valence-electron chi connectivity index (χ1n) is 9.18. The lowest BCUT2D eigenvalue weighted by Gasteiger charge is -2.33. The molecule has 1 aromatic heterocycles. The fraction of sp³-hybridized carbons (Fsp3) is 0.421. The topological polar surface area (TPSA) is 89.3 Å². The Balaban J connectivity index is 1.50. The molecule has 28 heavy (non-hydrogen) atoms. The highest BCUT2D eigenvalue weighted by atomic mass is 32.2. The minimum atomic E-state index is -3.78. The first-order chi connectivity index (χ1) is 13.5. The lowest BCUT2D eigenvalue weighted by molar-refractivity contribution is 0.0483. The smallest absolute Gasteiger partial charge is 0.374 e. The van der Waals surface area contributed by atoms with E-state index in [4.69, 9.17) is 13.9 Å². The van der Waals surface area contributed by atoms with Gasteiger partial charge in [0.25, 0.3) is 10.0 Å². The normalized spacial score (nSPS) is 16.0. The SMILES string of the molecule is CCOC(=O)c1ccc(S(=O)(=O)N2CCN(CCOc3ccccc3)CC2)o1. The molecule has 9 heteroatoms. The molecule has 0 bridgehead atoms. The van der Waals surface area contributed by atoms with Gasteiger partial charge in [-0.1, -0.05) is 18.2 Å². The Morgan fingerprint density at radius 1 is 1.07 bits per heavy atom. The molecular weight excluding hydrogens is 384 g/mol. The van der Waals surface area contributed by atoms with Gasteiger partial charge in [-0.2, -0.15) is 4.31 Å². The highest BCUT2D eigenvalue weighted by molar-refractivity contribution is 7.89. The van der Waals surface area contributed by atoms with Crippen molar-refractivity contribution in [1.82, 2.24) is 9.21 Å². The number of furan rings is 1. The van der Waals surface area contributed by atoms with Crippen LogP contribution in [0.1, 0.15) is 17.5 Å². The number of benzene rings is 1. The summed E-state index contributed by atoms with van der Waals surface area (Å²) in [7, 11) is -3.78. The van der Waals surface area contributed by atoms with E-state index in [-0.39, 0.29) is 17.5 Å². The van der Waals surface area contributed by atoms with Crippen LogP contribution in [0.2, 0.25) is 0 Å². The molecule has 2 heterocycles. The second-order valence-electron chi connectivity index (χ2n) is 6.25. The Hall–Kier alpha value is -2.36. The lowest BCUT2D eigenvalue weighted by atomic mass is 10.3. The van der Waals surface area contributed by atoms with E-state index in [0.717, 1.165) is 12.3 Å². The summed E-state index contributed by atoms with van der Waals surface area (Å²) in [5.74, 6) is 0.0308. The van der Waals surface area contributed by atoms with Crippen LogP contribution in [0.25, 0.3) is 0 Å². The molecule has 1 aliphatic rings. The van der Waals surface area contributed by atoms with Gasteiger partial charge in [0.15, 0.2) is 0 Å². The third-order valence-corrected chi connectivity index (χ3v) is 6.18. The van der Waals surface area contributed by atoms with Crippen LogP contribution in [0.3, 0.4) is 0 Å². The zero-order valence-electron chi connectivity index (χ0n) is 15.7. The molecule has 2 aromatic rings. The predicted molar refractivity (Wildman–Crippen MR) is 102 cm³/mol. The molecule has 0 saturated carbocycles. The van der Waals surface area contributed by atoms with Crippen LogP contribution in [0.4, 0.5) is 0 Å². The first-order valence-corrected chi connectivity index (χ1v) is 10.6. The van der Waals surface area contributed by atoms with Crippen molar-refractivity contribution in [1.29, 1.82) is 0 Å². The molecule has 0 unspecified atom stereocenters. The van der Waals surface area contributed by atoms with Crippen LogP contribution < -0.4 is 4.74 Å². The predicted octanol–water partition coefficient (Wildman–Crippen LogP) is 1.84. The summed E-state index contributed by atoms with van der Waals surface area (Å²) in [6, 6.07) is 12.2. The van der Waals surface area contributed by atoms with Crippen LogP contribution in [0.15, 0.2) is 52.0 Å². The Morgan fingerprint density at radius 3 is 2.46 bits per heavy atom. The average molecular weight is 408 g/mol. The molecule has 0 N–H and O–H groups in total. The Bertz CT molecular complexity index is 873. The summed E-state index contributed by atoms with van der Waals surface area (Å²) in [6.45, 7) is 5.02. The number of carbonyl (C=O) groups excluding carboxylic acids is 1. The number of para-hydroxylation sites is 1. The first kappa shape index (κ1) is 20.4. The van der Waals surface area contributed by atoms with E-state index < -0.39 is 16.0 Å². The molecule has 0 radical (unpaired) electrons. The number of esters is 1. The van der Waals surface area contributed by atoms with Crippen LogP contribution in [0, 0.1) is 0 Å². The van der Waals surface area contributed by atoms with E-state index in [1.165, 1.54) is 16.4 Å². The maximum absolute atomic E-state index is 12.7. The summed E-state index contributed by atoms with van der Waals surface area (Å²) in [4.78, 5) is 13.8. The maximum Gasteiger partial charge on any atom is 0.374 e. The molecule has 0 amide bonds. The van der Waals surface area contributed by atoms with Gasteiger partial charge in [0.05, 0.1) is 6.61 Å². The monoisotopic (exact) mass is 408 g/mol. The fourth-order valence-electron chi connectivity index (χ4n) is 2.90. The van der Waals surface area contributed by atoms with Gasteiger partial charge >= 0.3 is 5.97 Å². The van der Waals surface area contributed by atoms with Gasteiger partial charge in [-0.25, -0.2) is 13.2 Å². The van der Waals surface area contributed by atoms with Crippen molar-refractivity contribution in [2.75, 3.05) is 45.9 Å². The molecule has 0 atom stereocenters. The van der Waals surface area contributed by atoms with E-state index in [9.17, 15) is 13.2 Å². The zero-order chi connectivity index (χ0) is 20.0. The largest absolute Gasteiger partial charge is 0.492 e. The average Bonchev–Trinajstić information content (AvgIpc) is 3.21. The summed E-state index contributed by atoms with van der Waals surface area (Å²) in [5, 5.41) is -0.239. The quantitative estimate of drug-likeness (QED) is 0.616. The molecule has 8 nitrogen and oxygen atoms in total. The minimum Gasteiger partial charge on any atom is -0.492 e. The van der Waals surface area contributed by atoms with Crippen molar-refractivity contribution in [3.8, 4) is 5.75 Å². The number of hydrogen-bond donors (Lipinski definition) is 0. The van der Waals surface area contributed by atoms with Crippen molar-refractivity contribution >= 4 is 16.0 Å². The number of ether oxygens (including phenoxy) is 2. The van der Waals surface area contributed by atoms with Crippen LogP contribution in [0.5, 0.6) is 5.75 Å². The Labute approximate surface area is 164 Å². The number of carbonyl (C=O) groups is 1. The summed E-state index contributed by atoms with van der Waals surface area (Å²) in [6.07, 6.45) is 0. The van der Waals surface area contributed by atoms with Gasteiger partial charge in [-0.15, -0.1) is 0 Å². The van der Waals surface area contributed by atoms with E-state index in [2.05, 4.69) is 4.90 Å². The van der Waals surface area contributed by atoms with Gasteiger partial charge in [0.1, 0.15) is 12.4 Å². The molecule has 1 aliphatic heterocycles. The third kappa shape index (κ3) is 4.92. The highest BCUT2D eigenvalue weighted by Gasteiger charge is 2.31. The number of rotatable bonds is 8. The summed E-state index contributed by atoms with van der Waals surface area (Å²) in [5.41, 5.74) is 0. The number of hydrogen-bond acceptors (Lipinski definition) is 7. The van der Waals surface area contributed by atoms with E-state index in [0.29, 0.717) is 32.8 Å². The highest BCUT2D eigenvalue weighted by Crippen LogP contribution is 2.21. The molecule has 152 valence electrons. The maximum atomic E-state index is 12.7. The second kappa shape index (κ2) is 9.22. The van der Waals surface area contributed by atoms with Crippen molar-refractivity contribution in [3.63, 3.8) is 0 Å². The van der Waals surface area contributed by atoms with Crippen molar-refractivity contribution < 1.29 is 27.1 Å². The number of sulfonamides is 1. The molecule has 0 aliphatic carbocycles. The van der Waals surface area contributed by atoms with Gasteiger partial charge in [-0.05, 0) is 31.2 Å². The third-order valence-electron chi connectivity index (χ3n) is 4.40. The van der Waals surface area contributed by atoms with E-state index in [1.54, 1.807) is 6.92 Å².